The van der Waals surface area contributed by atoms with Crippen LogP contribution in [-0.4, -0.2) is 22.4 Å². The Hall–Kier alpha value is -1.66. The van der Waals surface area contributed by atoms with Crippen LogP contribution in [0.4, 0.5) is 5.82 Å². The highest BCUT2D eigenvalue weighted by atomic mass is 35.5. The number of aryl methyl sites for hydroxylation is 1. The number of nitrogens with one attached hydrogen (secondary N) is 2. The molecule has 0 radical (unpaired) electrons. The lowest BCUT2D eigenvalue weighted by atomic mass is 10.2. The highest BCUT2D eigenvalue weighted by Gasteiger charge is 2.10. The predicted molar refractivity (Wildman–Crippen MR) is 81.4 cm³/mol. The van der Waals surface area contributed by atoms with Crippen molar-refractivity contribution in [2.45, 2.75) is 20.4 Å². The van der Waals surface area contributed by atoms with E-state index in [2.05, 4.69) is 20.6 Å². The van der Waals surface area contributed by atoms with Gasteiger partial charge in [0.15, 0.2) is 0 Å². The van der Waals surface area contributed by atoms with Gasteiger partial charge in [0.2, 0.25) is 0 Å². The van der Waals surface area contributed by atoms with E-state index in [1.165, 1.54) is 17.5 Å². The van der Waals surface area contributed by atoms with E-state index >= 15 is 0 Å². The molecule has 0 unspecified atom stereocenters. The Kier molecular flexibility index (Phi) is 4.92. The third-order valence-electron chi connectivity index (χ3n) is 2.51. The number of nitrogens with zero attached hydrogens (tertiary/aromatic N) is 2. The number of thiazole rings is 1. The molecular weight excluding hydrogens is 296 g/mol. The maximum absolute atomic E-state index is 12.0. The van der Waals surface area contributed by atoms with Crippen molar-refractivity contribution >= 4 is 34.7 Å². The lowest BCUT2D eigenvalue weighted by Gasteiger charge is -2.07. The minimum Gasteiger partial charge on any atom is -0.369 e. The lowest BCUT2D eigenvalue weighted by Crippen LogP contribution is -2.23. The quantitative estimate of drug-likeness (QED) is 0.891. The first-order valence-electron chi connectivity index (χ1n) is 6.18. The van der Waals surface area contributed by atoms with Gasteiger partial charge in [0.25, 0.3) is 5.91 Å². The molecule has 0 aliphatic rings. The van der Waals surface area contributed by atoms with Gasteiger partial charge in [0.1, 0.15) is 10.8 Å². The van der Waals surface area contributed by atoms with Crippen LogP contribution in [-0.2, 0) is 6.54 Å². The van der Waals surface area contributed by atoms with Crippen LogP contribution in [0.3, 0.4) is 0 Å². The number of aromatic nitrogens is 2. The second-order valence-electron chi connectivity index (χ2n) is 4.15. The number of pyridine rings is 1. The molecule has 0 aliphatic carbocycles. The zero-order valence-corrected chi connectivity index (χ0v) is 12.8. The van der Waals surface area contributed by atoms with Gasteiger partial charge in [0.05, 0.1) is 17.1 Å². The minimum atomic E-state index is -0.213. The van der Waals surface area contributed by atoms with Crippen molar-refractivity contribution < 1.29 is 4.79 Å². The van der Waals surface area contributed by atoms with Crippen molar-refractivity contribution in [3.63, 3.8) is 0 Å². The number of hydrogen-bond acceptors (Lipinski definition) is 5. The number of anilines is 1. The average Bonchev–Trinajstić information content (AvgIpc) is 2.84. The molecule has 0 fully saturated rings. The van der Waals surface area contributed by atoms with E-state index in [1.54, 1.807) is 6.07 Å². The Balaban J connectivity index is 2.00. The molecule has 106 valence electrons. The Morgan fingerprint density at radius 1 is 1.50 bits per heavy atom. The van der Waals surface area contributed by atoms with Crippen LogP contribution in [0.2, 0.25) is 5.02 Å². The summed E-state index contributed by atoms with van der Waals surface area (Å²) in [7, 11) is 0. The summed E-state index contributed by atoms with van der Waals surface area (Å²) in [5, 5.41) is 9.08. The third kappa shape index (κ3) is 3.68. The van der Waals surface area contributed by atoms with E-state index < -0.39 is 0 Å². The van der Waals surface area contributed by atoms with E-state index in [-0.39, 0.29) is 5.91 Å². The highest BCUT2D eigenvalue weighted by Crippen LogP contribution is 2.19. The SMILES string of the molecule is CCNc1ncc(C(=O)NCc2nc(C)cs2)cc1Cl. The summed E-state index contributed by atoms with van der Waals surface area (Å²) >= 11 is 7.58. The summed E-state index contributed by atoms with van der Waals surface area (Å²) in [5.41, 5.74) is 1.39. The molecule has 0 saturated carbocycles. The molecular formula is C13H15ClN4OS. The minimum absolute atomic E-state index is 0.213. The fraction of sp³-hybridized carbons (Fsp3) is 0.308. The number of carbonyl (C=O) groups is 1. The van der Waals surface area contributed by atoms with Gasteiger partial charge < -0.3 is 10.6 Å². The Labute approximate surface area is 126 Å². The molecule has 0 spiro atoms. The molecule has 7 heteroatoms. The third-order valence-corrected chi connectivity index (χ3v) is 3.77. The maximum Gasteiger partial charge on any atom is 0.253 e. The first-order valence-corrected chi connectivity index (χ1v) is 7.44. The fourth-order valence-electron chi connectivity index (χ4n) is 1.60. The summed E-state index contributed by atoms with van der Waals surface area (Å²) in [6.45, 7) is 5.01. The summed E-state index contributed by atoms with van der Waals surface area (Å²) in [6.07, 6.45) is 1.51. The molecule has 0 aromatic carbocycles. The molecule has 1 amide bonds. The second-order valence-corrected chi connectivity index (χ2v) is 5.50. The van der Waals surface area contributed by atoms with Gasteiger partial charge in [-0.15, -0.1) is 11.3 Å². The number of halogens is 1. The van der Waals surface area contributed by atoms with Crippen molar-refractivity contribution in [1.82, 2.24) is 15.3 Å². The van der Waals surface area contributed by atoms with Crippen LogP contribution >= 0.6 is 22.9 Å². The lowest BCUT2D eigenvalue weighted by molar-refractivity contribution is 0.0950. The van der Waals surface area contributed by atoms with Gasteiger partial charge in [-0.1, -0.05) is 11.6 Å². The van der Waals surface area contributed by atoms with Gasteiger partial charge in [-0.2, -0.15) is 0 Å². The van der Waals surface area contributed by atoms with E-state index in [4.69, 9.17) is 11.6 Å². The van der Waals surface area contributed by atoms with Gasteiger partial charge in [-0.3, -0.25) is 4.79 Å². The topological polar surface area (TPSA) is 66.9 Å². The van der Waals surface area contributed by atoms with Crippen molar-refractivity contribution in [1.29, 1.82) is 0 Å². The molecule has 2 aromatic heterocycles. The summed E-state index contributed by atoms with van der Waals surface area (Å²) in [4.78, 5) is 20.4. The van der Waals surface area contributed by atoms with E-state index in [1.807, 2.05) is 19.2 Å². The molecule has 2 rings (SSSR count). The largest absolute Gasteiger partial charge is 0.369 e. The van der Waals surface area contributed by atoms with Gasteiger partial charge in [0, 0.05) is 23.8 Å². The number of carbonyl (C=O) groups excluding carboxylic acids is 1. The van der Waals surface area contributed by atoms with Gasteiger partial charge in [-0.05, 0) is 19.9 Å². The number of hydrogen-bond donors (Lipinski definition) is 2. The Bertz CT molecular complexity index is 614. The summed E-state index contributed by atoms with van der Waals surface area (Å²) < 4.78 is 0. The van der Waals surface area contributed by atoms with Crippen LogP contribution in [0, 0.1) is 6.92 Å². The van der Waals surface area contributed by atoms with E-state index in [9.17, 15) is 4.79 Å². The molecule has 2 N–H and O–H groups in total. The highest BCUT2D eigenvalue weighted by molar-refractivity contribution is 7.09. The van der Waals surface area contributed by atoms with Crippen LogP contribution in [0.5, 0.6) is 0 Å². The monoisotopic (exact) mass is 310 g/mol. The van der Waals surface area contributed by atoms with Crippen molar-refractivity contribution in [2.24, 2.45) is 0 Å². The van der Waals surface area contributed by atoms with Crippen LogP contribution in [0.25, 0.3) is 0 Å². The molecule has 2 heterocycles. The van der Waals surface area contributed by atoms with Crippen LogP contribution < -0.4 is 10.6 Å². The molecule has 0 bridgehead atoms. The predicted octanol–water partition coefficient (Wildman–Crippen LogP) is 2.86. The maximum atomic E-state index is 12.0. The van der Waals surface area contributed by atoms with Gasteiger partial charge >= 0.3 is 0 Å². The molecule has 0 aliphatic heterocycles. The first-order chi connectivity index (χ1) is 9.60. The fourth-order valence-corrected chi connectivity index (χ4v) is 2.55. The normalized spacial score (nSPS) is 10.3. The van der Waals surface area contributed by atoms with Crippen molar-refractivity contribution in [2.75, 3.05) is 11.9 Å². The van der Waals surface area contributed by atoms with Crippen molar-refractivity contribution in [3.05, 3.63) is 38.9 Å². The van der Waals surface area contributed by atoms with E-state index in [0.29, 0.717) is 22.9 Å². The first kappa shape index (κ1) is 14.7. The molecule has 20 heavy (non-hydrogen) atoms. The average molecular weight is 311 g/mol. The molecule has 0 saturated heterocycles. The van der Waals surface area contributed by atoms with Crippen LogP contribution in [0.15, 0.2) is 17.6 Å². The zero-order valence-electron chi connectivity index (χ0n) is 11.2. The summed E-state index contributed by atoms with van der Waals surface area (Å²) in [5.74, 6) is 0.372. The summed E-state index contributed by atoms with van der Waals surface area (Å²) in [6, 6.07) is 1.61. The number of rotatable bonds is 5. The smallest absolute Gasteiger partial charge is 0.253 e. The second kappa shape index (κ2) is 6.67. The molecule has 0 atom stereocenters. The number of amides is 1. The molecule has 2 aromatic rings. The van der Waals surface area contributed by atoms with Gasteiger partial charge in [-0.25, -0.2) is 9.97 Å². The van der Waals surface area contributed by atoms with Crippen LogP contribution in [0.1, 0.15) is 28.0 Å². The zero-order chi connectivity index (χ0) is 14.5. The Morgan fingerprint density at radius 3 is 2.90 bits per heavy atom. The Morgan fingerprint density at radius 2 is 2.30 bits per heavy atom. The standard InChI is InChI=1S/C13H15ClN4OS/c1-3-15-12-10(14)4-9(5-16-12)13(19)17-6-11-18-8(2)7-20-11/h4-5,7H,3,6H2,1-2H3,(H,15,16)(H,17,19). The van der Waals surface area contributed by atoms with E-state index in [0.717, 1.165) is 17.2 Å². The van der Waals surface area contributed by atoms with Crippen molar-refractivity contribution in [3.8, 4) is 0 Å². The molecule has 5 nitrogen and oxygen atoms in total.